The van der Waals surface area contributed by atoms with Crippen molar-refractivity contribution in [3.05, 3.63) is 34.3 Å². The zero-order valence-electron chi connectivity index (χ0n) is 12.1. The first-order valence-corrected chi connectivity index (χ1v) is 8.31. The van der Waals surface area contributed by atoms with Crippen LogP contribution in [0.25, 0.3) is 0 Å². The van der Waals surface area contributed by atoms with Gasteiger partial charge in [-0.15, -0.1) is 0 Å². The summed E-state index contributed by atoms with van der Waals surface area (Å²) in [6.45, 7) is 4.58. The maximum atomic E-state index is 9.11. The molecule has 2 rings (SSSR count). The molecular formula is C16H25BrN2O. The molecule has 1 aliphatic heterocycles. The van der Waals surface area contributed by atoms with E-state index in [1.165, 1.54) is 12.0 Å². The van der Waals surface area contributed by atoms with Gasteiger partial charge in [0.15, 0.2) is 0 Å². The summed E-state index contributed by atoms with van der Waals surface area (Å²) < 4.78 is 1.10. The second-order valence-corrected chi connectivity index (χ2v) is 6.65. The van der Waals surface area contributed by atoms with E-state index in [1.54, 1.807) is 0 Å². The fourth-order valence-corrected chi connectivity index (χ4v) is 3.41. The van der Waals surface area contributed by atoms with Crippen LogP contribution in [-0.2, 0) is 0 Å². The third-order valence-corrected chi connectivity index (χ3v) is 4.87. The minimum absolute atomic E-state index is 0.157. The van der Waals surface area contributed by atoms with E-state index in [-0.39, 0.29) is 12.1 Å². The molecule has 3 unspecified atom stereocenters. The normalized spacial score (nSPS) is 22.9. The van der Waals surface area contributed by atoms with Crippen molar-refractivity contribution in [3.8, 4) is 0 Å². The van der Waals surface area contributed by atoms with E-state index >= 15 is 0 Å². The molecule has 0 aromatic heterocycles. The van der Waals surface area contributed by atoms with Gasteiger partial charge in [0.2, 0.25) is 0 Å². The van der Waals surface area contributed by atoms with Crippen LogP contribution in [0.5, 0.6) is 0 Å². The van der Waals surface area contributed by atoms with Gasteiger partial charge in [0, 0.05) is 29.7 Å². The van der Waals surface area contributed by atoms with E-state index in [0.29, 0.717) is 12.5 Å². The van der Waals surface area contributed by atoms with E-state index in [9.17, 15) is 0 Å². The van der Waals surface area contributed by atoms with Crippen molar-refractivity contribution in [1.82, 2.24) is 4.90 Å². The Morgan fingerprint density at radius 2 is 2.10 bits per heavy atom. The maximum Gasteiger partial charge on any atom is 0.0499 e. The largest absolute Gasteiger partial charge is 0.396 e. The molecule has 4 heteroatoms. The molecule has 1 aromatic rings. The monoisotopic (exact) mass is 340 g/mol. The van der Waals surface area contributed by atoms with Crippen molar-refractivity contribution in [2.45, 2.75) is 38.3 Å². The van der Waals surface area contributed by atoms with Crippen molar-refractivity contribution in [1.29, 1.82) is 0 Å². The van der Waals surface area contributed by atoms with Crippen LogP contribution in [0.2, 0.25) is 0 Å². The number of benzene rings is 1. The molecule has 0 radical (unpaired) electrons. The highest BCUT2D eigenvalue weighted by atomic mass is 79.9. The Kier molecular flexibility index (Phi) is 6.02. The number of halogens is 1. The van der Waals surface area contributed by atoms with E-state index < -0.39 is 0 Å². The second-order valence-electron chi connectivity index (χ2n) is 5.73. The van der Waals surface area contributed by atoms with Gasteiger partial charge in [0.1, 0.15) is 0 Å². The summed E-state index contributed by atoms with van der Waals surface area (Å²) in [5, 5.41) is 9.11. The summed E-state index contributed by atoms with van der Waals surface area (Å²) in [6.07, 6.45) is 3.05. The van der Waals surface area contributed by atoms with E-state index in [2.05, 4.69) is 52.0 Å². The molecule has 3 atom stereocenters. The van der Waals surface area contributed by atoms with Crippen molar-refractivity contribution in [2.24, 2.45) is 11.7 Å². The number of hydrogen-bond donors (Lipinski definition) is 2. The number of likely N-dealkylation sites (tertiary alicyclic amines) is 1. The lowest BCUT2D eigenvalue weighted by Crippen LogP contribution is -2.39. The zero-order valence-corrected chi connectivity index (χ0v) is 13.7. The van der Waals surface area contributed by atoms with Crippen LogP contribution in [0.3, 0.4) is 0 Å². The highest BCUT2D eigenvalue weighted by molar-refractivity contribution is 9.10. The molecule has 0 aliphatic carbocycles. The summed E-state index contributed by atoms with van der Waals surface area (Å²) in [6, 6.07) is 8.96. The molecule has 3 N–H and O–H groups in total. The molecule has 0 spiro atoms. The molecule has 1 aromatic carbocycles. The molecule has 1 aliphatic rings. The number of nitrogens with two attached hydrogens (primary N) is 1. The van der Waals surface area contributed by atoms with Crippen LogP contribution in [-0.4, -0.2) is 35.7 Å². The molecular weight excluding hydrogens is 316 g/mol. The van der Waals surface area contributed by atoms with Gasteiger partial charge in [-0.25, -0.2) is 0 Å². The molecule has 112 valence electrons. The average molecular weight is 341 g/mol. The maximum absolute atomic E-state index is 9.11. The lowest BCUT2D eigenvalue weighted by atomic mass is 9.96. The van der Waals surface area contributed by atoms with E-state index in [1.807, 2.05) is 0 Å². The van der Waals surface area contributed by atoms with Gasteiger partial charge in [0.25, 0.3) is 0 Å². The Balaban J connectivity index is 2.14. The second kappa shape index (κ2) is 7.55. The van der Waals surface area contributed by atoms with Crippen molar-refractivity contribution >= 4 is 15.9 Å². The topological polar surface area (TPSA) is 49.5 Å². The summed E-state index contributed by atoms with van der Waals surface area (Å²) in [7, 11) is 0. The first-order chi connectivity index (χ1) is 9.65. The predicted octanol–water partition coefficient (Wildman–Crippen LogP) is 2.93. The zero-order chi connectivity index (χ0) is 14.5. The molecule has 0 amide bonds. The van der Waals surface area contributed by atoms with Gasteiger partial charge in [-0.2, -0.15) is 0 Å². The fourth-order valence-electron chi connectivity index (χ4n) is 3.15. The van der Waals surface area contributed by atoms with Crippen LogP contribution in [0, 0.1) is 5.92 Å². The molecule has 0 bridgehead atoms. The Morgan fingerprint density at radius 1 is 1.40 bits per heavy atom. The first kappa shape index (κ1) is 16.0. The number of aliphatic hydroxyl groups excluding tert-OH is 1. The number of rotatable bonds is 6. The van der Waals surface area contributed by atoms with Crippen molar-refractivity contribution in [2.75, 3.05) is 19.7 Å². The third-order valence-electron chi connectivity index (χ3n) is 4.34. The SMILES string of the molecule is CCC(N)C(c1ccc(Br)cc1)N1CCC(CCO)C1. The minimum Gasteiger partial charge on any atom is -0.396 e. The fraction of sp³-hybridized carbons (Fsp3) is 0.625. The van der Waals surface area contributed by atoms with E-state index in [0.717, 1.165) is 30.4 Å². The highest BCUT2D eigenvalue weighted by Gasteiger charge is 2.31. The van der Waals surface area contributed by atoms with Gasteiger partial charge in [-0.3, -0.25) is 4.90 Å². The molecule has 0 saturated carbocycles. The van der Waals surface area contributed by atoms with Crippen LogP contribution in [0.4, 0.5) is 0 Å². The van der Waals surface area contributed by atoms with Gasteiger partial charge in [-0.1, -0.05) is 35.0 Å². The molecule has 1 fully saturated rings. The van der Waals surface area contributed by atoms with Gasteiger partial charge in [0.05, 0.1) is 0 Å². The van der Waals surface area contributed by atoms with Crippen LogP contribution in [0.15, 0.2) is 28.7 Å². The molecule has 3 nitrogen and oxygen atoms in total. The number of hydrogen-bond acceptors (Lipinski definition) is 3. The van der Waals surface area contributed by atoms with Crippen molar-refractivity contribution in [3.63, 3.8) is 0 Å². The minimum atomic E-state index is 0.157. The third kappa shape index (κ3) is 3.82. The first-order valence-electron chi connectivity index (χ1n) is 7.51. The molecule has 20 heavy (non-hydrogen) atoms. The molecule has 1 heterocycles. The van der Waals surface area contributed by atoms with Crippen molar-refractivity contribution < 1.29 is 5.11 Å². The predicted molar refractivity (Wildman–Crippen MR) is 86.5 cm³/mol. The summed E-state index contributed by atoms with van der Waals surface area (Å²) in [5.74, 6) is 0.613. The lowest BCUT2D eigenvalue weighted by Gasteiger charge is -2.33. The van der Waals surface area contributed by atoms with Crippen LogP contribution < -0.4 is 5.73 Å². The van der Waals surface area contributed by atoms with Gasteiger partial charge in [-0.05, 0) is 49.4 Å². The van der Waals surface area contributed by atoms with Gasteiger partial charge < -0.3 is 10.8 Å². The Labute approximate surface area is 130 Å². The Morgan fingerprint density at radius 3 is 2.70 bits per heavy atom. The highest BCUT2D eigenvalue weighted by Crippen LogP contribution is 2.32. The number of nitrogens with zero attached hydrogens (tertiary/aromatic N) is 1. The molecule has 1 saturated heterocycles. The smallest absolute Gasteiger partial charge is 0.0499 e. The van der Waals surface area contributed by atoms with Crippen LogP contribution in [0.1, 0.15) is 37.8 Å². The van der Waals surface area contributed by atoms with E-state index in [4.69, 9.17) is 10.8 Å². The average Bonchev–Trinajstić information content (AvgIpc) is 2.90. The Bertz CT molecular complexity index is 409. The van der Waals surface area contributed by atoms with Crippen LogP contribution >= 0.6 is 15.9 Å². The quantitative estimate of drug-likeness (QED) is 0.836. The summed E-state index contributed by atoms with van der Waals surface area (Å²) >= 11 is 3.49. The standard InChI is InChI=1S/C16H25BrN2O/c1-2-15(18)16(13-3-5-14(17)6-4-13)19-9-7-12(11-19)8-10-20/h3-6,12,15-16,20H,2,7-11,18H2,1H3. The summed E-state index contributed by atoms with van der Waals surface area (Å²) in [4.78, 5) is 2.50. The summed E-state index contributed by atoms with van der Waals surface area (Å²) in [5.41, 5.74) is 7.68. The van der Waals surface area contributed by atoms with Gasteiger partial charge >= 0.3 is 0 Å². The lowest BCUT2D eigenvalue weighted by molar-refractivity contribution is 0.193. The number of aliphatic hydroxyl groups is 1. The Hall–Kier alpha value is -0.420.